The van der Waals surface area contributed by atoms with Gasteiger partial charge in [0, 0.05) is 36.6 Å². The van der Waals surface area contributed by atoms with Gasteiger partial charge in [-0.25, -0.2) is 9.97 Å². The second-order valence-corrected chi connectivity index (χ2v) is 5.70. The van der Waals surface area contributed by atoms with Crippen LogP contribution in [0.2, 0.25) is 0 Å². The molecule has 3 rings (SSSR count). The van der Waals surface area contributed by atoms with Crippen LogP contribution < -0.4 is 24.4 Å². The number of para-hydroxylation sites is 1. The number of hydrogen-bond donors (Lipinski definition) is 1. The number of ether oxygens (including phenoxy) is 3. The molecule has 140 valence electrons. The minimum absolute atomic E-state index is 0.540. The molecule has 0 saturated heterocycles. The average molecular weight is 366 g/mol. The highest BCUT2D eigenvalue weighted by atomic mass is 16.5. The van der Waals surface area contributed by atoms with Gasteiger partial charge >= 0.3 is 0 Å². The van der Waals surface area contributed by atoms with E-state index in [4.69, 9.17) is 14.2 Å². The molecule has 7 heteroatoms. The molecule has 0 spiro atoms. The highest BCUT2D eigenvalue weighted by molar-refractivity contribution is 5.68. The van der Waals surface area contributed by atoms with Gasteiger partial charge in [0.2, 0.25) is 5.75 Å². The lowest BCUT2D eigenvalue weighted by atomic mass is 10.2. The summed E-state index contributed by atoms with van der Waals surface area (Å²) in [5.74, 6) is 3.09. The quantitative estimate of drug-likeness (QED) is 0.677. The van der Waals surface area contributed by atoms with Crippen LogP contribution in [0, 0.1) is 0 Å². The third kappa shape index (κ3) is 4.03. The van der Waals surface area contributed by atoms with Gasteiger partial charge in [0.15, 0.2) is 11.5 Å². The van der Waals surface area contributed by atoms with E-state index in [1.807, 2.05) is 60.5 Å². The molecule has 1 aromatic heterocycles. The van der Waals surface area contributed by atoms with Crippen LogP contribution >= 0.6 is 0 Å². The van der Waals surface area contributed by atoms with Crippen molar-refractivity contribution >= 4 is 23.0 Å². The van der Waals surface area contributed by atoms with Gasteiger partial charge in [-0.05, 0) is 12.1 Å². The molecule has 2 aromatic carbocycles. The Labute approximate surface area is 158 Å². The maximum atomic E-state index is 5.39. The summed E-state index contributed by atoms with van der Waals surface area (Å²) in [6.45, 7) is 0. The molecule has 0 aliphatic carbocycles. The van der Waals surface area contributed by atoms with E-state index in [2.05, 4.69) is 15.3 Å². The molecule has 0 atom stereocenters. The van der Waals surface area contributed by atoms with Crippen molar-refractivity contribution in [2.24, 2.45) is 0 Å². The van der Waals surface area contributed by atoms with Gasteiger partial charge in [-0.1, -0.05) is 18.2 Å². The maximum absolute atomic E-state index is 5.39. The van der Waals surface area contributed by atoms with Crippen molar-refractivity contribution in [3.63, 3.8) is 0 Å². The first-order chi connectivity index (χ1) is 13.2. The summed E-state index contributed by atoms with van der Waals surface area (Å²) in [6.07, 6.45) is 1.52. The van der Waals surface area contributed by atoms with Crippen LogP contribution in [0.4, 0.5) is 23.0 Å². The van der Waals surface area contributed by atoms with Crippen LogP contribution in [-0.2, 0) is 0 Å². The number of methoxy groups -OCH3 is 3. The summed E-state index contributed by atoms with van der Waals surface area (Å²) in [5, 5.41) is 3.26. The minimum Gasteiger partial charge on any atom is -0.493 e. The zero-order valence-electron chi connectivity index (χ0n) is 15.8. The Morgan fingerprint density at radius 3 is 2.11 bits per heavy atom. The molecule has 0 saturated carbocycles. The third-order valence-electron chi connectivity index (χ3n) is 4.08. The van der Waals surface area contributed by atoms with Gasteiger partial charge in [-0.15, -0.1) is 0 Å². The predicted octanol–water partition coefficient (Wildman–Crippen LogP) is 4.01. The fraction of sp³-hybridized carbons (Fsp3) is 0.200. The lowest BCUT2D eigenvalue weighted by Crippen LogP contribution is -2.11. The van der Waals surface area contributed by atoms with Crippen LogP contribution in [0.5, 0.6) is 17.2 Å². The predicted molar refractivity (Wildman–Crippen MR) is 106 cm³/mol. The van der Waals surface area contributed by atoms with Crippen molar-refractivity contribution < 1.29 is 14.2 Å². The first kappa shape index (κ1) is 18.3. The van der Waals surface area contributed by atoms with Crippen molar-refractivity contribution in [3.05, 3.63) is 54.9 Å². The van der Waals surface area contributed by atoms with Crippen molar-refractivity contribution in [1.29, 1.82) is 0 Å². The van der Waals surface area contributed by atoms with Crippen LogP contribution in [-0.4, -0.2) is 38.3 Å². The molecule has 7 nitrogen and oxygen atoms in total. The number of rotatable bonds is 7. The van der Waals surface area contributed by atoms with Gasteiger partial charge in [0.25, 0.3) is 0 Å². The summed E-state index contributed by atoms with van der Waals surface area (Å²) in [5.41, 5.74) is 1.80. The Morgan fingerprint density at radius 1 is 0.852 bits per heavy atom. The lowest BCUT2D eigenvalue weighted by molar-refractivity contribution is 0.324. The number of nitrogens with zero attached hydrogens (tertiary/aromatic N) is 3. The van der Waals surface area contributed by atoms with E-state index in [0.717, 1.165) is 17.2 Å². The van der Waals surface area contributed by atoms with Crippen molar-refractivity contribution in [2.75, 3.05) is 38.6 Å². The monoisotopic (exact) mass is 366 g/mol. The summed E-state index contributed by atoms with van der Waals surface area (Å²) < 4.78 is 16.1. The Bertz CT molecular complexity index is 878. The average Bonchev–Trinajstić information content (AvgIpc) is 2.73. The Hall–Kier alpha value is -3.48. The molecule has 0 bridgehead atoms. The summed E-state index contributed by atoms with van der Waals surface area (Å²) in [6, 6.07) is 15.5. The van der Waals surface area contributed by atoms with Crippen molar-refractivity contribution in [3.8, 4) is 17.2 Å². The van der Waals surface area contributed by atoms with Crippen LogP contribution in [0.15, 0.2) is 54.9 Å². The van der Waals surface area contributed by atoms with E-state index in [-0.39, 0.29) is 0 Å². The number of benzene rings is 2. The molecule has 0 aliphatic rings. The van der Waals surface area contributed by atoms with E-state index >= 15 is 0 Å². The second kappa shape index (κ2) is 8.27. The SMILES string of the molecule is COc1cc(Nc2cc(N(C)c3ccccc3)ncn2)cc(OC)c1OC. The van der Waals surface area contributed by atoms with Gasteiger partial charge in [0.1, 0.15) is 18.0 Å². The lowest BCUT2D eigenvalue weighted by Gasteiger charge is -2.19. The number of aromatic nitrogens is 2. The zero-order valence-corrected chi connectivity index (χ0v) is 15.8. The molecular formula is C20H22N4O3. The smallest absolute Gasteiger partial charge is 0.203 e. The number of hydrogen-bond acceptors (Lipinski definition) is 7. The van der Waals surface area contributed by atoms with E-state index < -0.39 is 0 Å². The molecule has 1 heterocycles. The van der Waals surface area contributed by atoms with Gasteiger partial charge in [-0.3, -0.25) is 0 Å². The van der Waals surface area contributed by atoms with Crippen LogP contribution in [0.1, 0.15) is 0 Å². The standard InChI is InChI=1S/C20H22N4O3/c1-24(15-8-6-5-7-9-15)19-12-18(21-13-22-19)23-14-10-16(25-2)20(27-4)17(11-14)26-3/h5-13H,1-4H3,(H,21,22,23). The molecule has 0 amide bonds. The van der Waals surface area contributed by atoms with Crippen molar-refractivity contribution in [2.45, 2.75) is 0 Å². The van der Waals surface area contributed by atoms with Gasteiger partial charge < -0.3 is 24.4 Å². The largest absolute Gasteiger partial charge is 0.493 e. The summed E-state index contributed by atoms with van der Waals surface area (Å²) in [4.78, 5) is 10.6. The minimum atomic E-state index is 0.540. The molecule has 0 fully saturated rings. The van der Waals surface area contributed by atoms with Gasteiger partial charge in [-0.2, -0.15) is 0 Å². The molecule has 1 N–H and O–H groups in total. The Balaban J connectivity index is 1.88. The molecular weight excluding hydrogens is 344 g/mol. The van der Waals surface area contributed by atoms with E-state index in [1.54, 1.807) is 21.3 Å². The van der Waals surface area contributed by atoms with Crippen LogP contribution in [0.3, 0.4) is 0 Å². The van der Waals surface area contributed by atoms with Crippen molar-refractivity contribution in [1.82, 2.24) is 9.97 Å². The summed E-state index contributed by atoms with van der Waals surface area (Å²) in [7, 11) is 6.70. The first-order valence-corrected chi connectivity index (χ1v) is 8.34. The highest BCUT2D eigenvalue weighted by Crippen LogP contribution is 2.40. The fourth-order valence-electron chi connectivity index (χ4n) is 2.68. The topological polar surface area (TPSA) is 68.7 Å². The van der Waals surface area contributed by atoms with Crippen LogP contribution in [0.25, 0.3) is 0 Å². The molecule has 0 aliphatic heterocycles. The Kier molecular flexibility index (Phi) is 5.61. The Morgan fingerprint density at radius 2 is 1.52 bits per heavy atom. The normalized spacial score (nSPS) is 10.2. The van der Waals surface area contributed by atoms with E-state index in [1.165, 1.54) is 6.33 Å². The second-order valence-electron chi connectivity index (χ2n) is 5.70. The molecule has 27 heavy (non-hydrogen) atoms. The van der Waals surface area contributed by atoms with E-state index in [9.17, 15) is 0 Å². The van der Waals surface area contributed by atoms with Gasteiger partial charge in [0.05, 0.1) is 21.3 Å². The number of anilines is 4. The first-order valence-electron chi connectivity index (χ1n) is 8.34. The number of nitrogens with one attached hydrogen (secondary N) is 1. The van der Waals surface area contributed by atoms with E-state index in [0.29, 0.717) is 23.1 Å². The maximum Gasteiger partial charge on any atom is 0.203 e. The highest BCUT2D eigenvalue weighted by Gasteiger charge is 2.14. The zero-order chi connectivity index (χ0) is 19.2. The third-order valence-corrected chi connectivity index (χ3v) is 4.08. The summed E-state index contributed by atoms with van der Waals surface area (Å²) >= 11 is 0. The fourth-order valence-corrected chi connectivity index (χ4v) is 2.68. The molecule has 0 unspecified atom stereocenters. The molecule has 0 radical (unpaired) electrons. The molecule has 3 aromatic rings.